The summed E-state index contributed by atoms with van der Waals surface area (Å²) in [6.45, 7) is 4.12. The molecule has 2 aromatic rings. The van der Waals surface area contributed by atoms with Crippen LogP contribution in [-0.2, 0) is 6.42 Å². The number of halogens is 1. The fourth-order valence-electron chi connectivity index (χ4n) is 1.77. The minimum absolute atomic E-state index is 0.307. The van der Waals surface area contributed by atoms with E-state index in [-0.39, 0.29) is 0 Å². The third-order valence-corrected chi connectivity index (χ3v) is 3.13. The van der Waals surface area contributed by atoms with Gasteiger partial charge in [-0.2, -0.15) is 5.10 Å². The number of hydrogen-bond donors (Lipinski definition) is 1. The van der Waals surface area contributed by atoms with Gasteiger partial charge in [0.25, 0.3) is 0 Å². The maximum absolute atomic E-state index is 10.2. The van der Waals surface area contributed by atoms with Gasteiger partial charge in [0.05, 0.1) is 12.3 Å². The van der Waals surface area contributed by atoms with Gasteiger partial charge in [-0.05, 0) is 31.5 Å². The first kappa shape index (κ1) is 13.1. The Balaban J connectivity index is 2.06. The minimum atomic E-state index is -0.529. The van der Waals surface area contributed by atoms with Crippen LogP contribution in [0.4, 0.5) is 0 Å². The molecule has 4 heteroatoms. The van der Waals surface area contributed by atoms with Crippen LogP contribution in [0.5, 0.6) is 0 Å². The Morgan fingerprint density at radius 2 is 1.94 bits per heavy atom. The molecule has 1 atom stereocenters. The van der Waals surface area contributed by atoms with Crippen LogP contribution in [0.3, 0.4) is 0 Å². The van der Waals surface area contributed by atoms with Gasteiger partial charge in [0, 0.05) is 29.2 Å². The Morgan fingerprint density at radius 3 is 2.50 bits per heavy atom. The molecule has 1 unspecified atom stereocenters. The van der Waals surface area contributed by atoms with E-state index in [0.717, 1.165) is 11.1 Å². The second-order valence-electron chi connectivity index (χ2n) is 4.69. The molecule has 0 aliphatic carbocycles. The number of hydrogen-bond acceptors (Lipinski definition) is 2. The van der Waals surface area contributed by atoms with Gasteiger partial charge in [-0.15, -0.1) is 0 Å². The van der Waals surface area contributed by atoms with Crippen LogP contribution in [-0.4, -0.2) is 14.9 Å². The maximum Gasteiger partial charge on any atom is 0.0860 e. The third kappa shape index (κ3) is 3.12. The SMILES string of the molecule is CC(C)n1cc(C(O)Cc2ccc(Cl)cc2)cn1. The van der Waals surface area contributed by atoms with Gasteiger partial charge >= 0.3 is 0 Å². The zero-order chi connectivity index (χ0) is 13.1. The molecule has 1 aromatic carbocycles. The van der Waals surface area contributed by atoms with Gasteiger partial charge < -0.3 is 5.11 Å². The van der Waals surface area contributed by atoms with Gasteiger partial charge in [0.2, 0.25) is 0 Å². The molecule has 0 spiro atoms. The summed E-state index contributed by atoms with van der Waals surface area (Å²) in [6, 6.07) is 7.83. The summed E-state index contributed by atoms with van der Waals surface area (Å²) in [5.41, 5.74) is 1.91. The lowest BCUT2D eigenvalue weighted by Gasteiger charge is -2.09. The highest BCUT2D eigenvalue weighted by Crippen LogP contribution is 2.20. The molecule has 0 bridgehead atoms. The summed E-state index contributed by atoms with van der Waals surface area (Å²) < 4.78 is 1.85. The lowest BCUT2D eigenvalue weighted by molar-refractivity contribution is 0.178. The van der Waals surface area contributed by atoms with E-state index in [9.17, 15) is 5.11 Å². The summed E-state index contributed by atoms with van der Waals surface area (Å²) in [5.74, 6) is 0. The van der Waals surface area contributed by atoms with Crippen molar-refractivity contribution >= 4 is 11.6 Å². The summed E-state index contributed by atoms with van der Waals surface area (Å²) in [5, 5.41) is 15.1. The van der Waals surface area contributed by atoms with E-state index in [0.29, 0.717) is 17.5 Å². The third-order valence-electron chi connectivity index (χ3n) is 2.88. The molecule has 0 radical (unpaired) electrons. The lowest BCUT2D eigenvalue weighted by atomic mass is 10.0. The van der Waals surface area contributed by atoms with Crippen LogP contribution in [0.1, 0.15) is 37.1 Å². The Morgan fingerprint density at radius 1 is 1.28 bits per heavy atom. The van der Waals surface area contributed by atoms with Crippen LogP contribution in [0.2, 0.25) is 5.02 Å². The van der Waals surface area contributed by atoms with Crippen molar-refractivity contribution in [1.29, 1.82) is 0 Å². The van der Waals surface area contributed by atoms with E-state index in [1.165, 1.54) is 0 Å². The average molecular weight is 265 g/mol. The predicted molar refractivity (Wildman–Crippen MR) is 72.7 cm³/mol. The summed E-state index contributed by atoms with van der Waals surface area (Å²) >= 11 is 5.83. The zero-order valence-electron chi connectivity index (χ0n) is 10.5. The van der Waals surface area contributed by atoms with Crippen molar-refractivity contribution in [2.75, 3.05) is 0 Å². The fraction of sp³-hybridized carbons (Fsp3) is 0.357. The van der Waals surface area contributed by atoms with Crippen molar-refractivity contribution < 1.29 is 5.11 Å². The highest BCUT2D eigenvalue weighted by molar-refractivity contribution is 6.30. The van der Waals surface area contributed by atoms with Crippen molar-refractivity contribution in [1.82, 2.24) is 9.78 Å². The van der Waals surface area contributed by atoms with Crippen LogP contribution in [0, 0.1) is 0 Å². The molecule has 1 N–H and O–H groups in total. The van der Waals surface area contributed by atoms with Crippen molar-refractivity contribution in [3.63, 3.8) is 0 Å². The second kappa shape index (κ2) is 5.55. The normalized spacial score (nSPS) is 12.9. The largest absolute Gasteiger partial charge is 0.388 e. The van der Waals surface area contributed by atoms with E-state index in [4.69, 9.17) is 11.6 Å². The van der Waals surface area contributed by atoms with E-state index >= 15 is 0 Å². The average Bonchev–Trinajstić information content (AvgIpc) is 2.81. The summed E-state index contributed by atoms with van der Waals surface area (Å²) in [7, 11) is 0. The van der Waals surface area contributed by atoms with E-state index < -0.39 is 6.10 Å². The van der Waals surface area contributed by atoms with E-state index in [2.05, 4.69) is 18.9 Å². The van der Waals surface area contributed by atoms with Crippen LogP contribution >= 0.6 is 11.6 Å². The van der Waals surface area contributed by atoms with Gasteiger partial charge in [0.1, 0.15) is 0 Å². The second-order valence-corrected chi connectivity index (χ2v) is 5.13. The van der Waals surface area contributed by atoms with Crippen molar-refractivity contribution in [3.05, 3.63) is 52.8 Å². The Hall–Kier alpha value is -1.32. The molecule has 2 rings (SSSR count). The monoisotopic (exact) mass is 264 g/mol. The first-order chi connectivity index (χ1) is 8.56. The molecule has 0 aliphatic heterocycles. The topological polar surface area (TPSA) is 38.0 Å². The number of aliphatic hydroxyl groups excluding tert-OH is 1. The number of benzene rings is 1. The fourth-order valence-corrected chi connectivity index (χ4v) is 1.89. The van der Waals surface area contributed by atoms with Gasteiger partial charge in [-0.25, -0.2) is 0 Å². The molecule has 0 fully saturated rings. The summed E-state index contributed by atoms with van der Waals surface area (Å²) in [6.07, 6.45) is 3.66. The maximum atomic E-state index is 10.2. The first-order valence-electron chi connectivity index (χ1n) is 6.03. The zero-order valence-corrected chi connectivity index (χ0v) is 11.3. The molecule has 96 valence electrons. The van der Waals surface area contributed by atoms with Crippen LogP contribution in [0.15, 0.2) is 36.7 Å². The lowest BCUT2D eigenvalue weighted by Crippen LogP contribution is -2.02. The number of rotatable bonds is 4. The highest BCUT2D eigenvalue weighted by Gasteiger charge is 2.12. The molecule has 0 saturated heterocycles. The molecule has 0 saturated carbocycles. The molecule has 18 heavy (non-hydrogen) atoms. The first-order valence-corrected chi connectivity index (χ1v) is 6.40. The number of aromatic nitrogens is 2. The number of aliphatic hydroxyl groups is 1. The van der Waals surface area contributed by atoms with E-state index in [1.807, 2.05) is 35.1 Å². The Labute approximate surface area is 112 Å². The molecule has 0 amide bonds. The quantitative estimate of drug-likeness (QED) is 0.919. The molecular formula is C14H17ClN2O. The van der Waals surface area contributed by atoms with Crippen LogP contribution in [0.25, 0.3) is 0 Å². The minimum Gasteiger partial charge on any atom is -0.388 e. The summed E-state index contributed by atoms with van der Waals surface area (Å²) in [4.78, 5) is 0. The predicted octanol–water partition coefficient (Wildman–Crippen LogP) is 3.39. The molecule has 1 aromatic heterocycles. The molecule has 1 heterocycles. The molecular weight excluding hydrogens is 248 g/mol. The smallest absolute Gasteiger partial charge is 0.0860 e. The highest BCUT2D eigenvalue weighted by atomic mass is 35.5. The number of nitrogens with zero attached hydrogens (tertiary/aromatic N) is 2. The molecule has 3 nitrogen and oxygen atoms in total. The van der Waals surface area contributed by atoms with Crippen molar-refractivity contribution in [3.8, 4) is 0 Å². The van der Waals surface area contributed by atoms with Gasteiger partial charge in [0.15, 0.2) is 0 Å². The Bertz CT molecular complexity index is 505. The van der Waals surface area contributed by atoms with Gasteiger partial charge in [-0.3, -0.25) is 4.68 Å². The van der Waals surface area contributed by atoms with Gasteiger partial charge in [-0.1, -0.05) is 23.7 Å². The Kier molecular flexibility index (Phi) is 4.04. The molecule has 0 aliphatic rings. The van der Waals surface area contributed by atoms with Crippen molar-refractivity contribution in [2.24, 2.45) is 0 Å². The van der Waals surface area contributed by atoms with Crippen molar-refractivity contribution in [2.45, 2.75) is 32.4 Å². The standard InChI is InChI=1S/C14H17ClN2O/c1-10(2)17-9-12(8-16-17)14(18)7-11-3-5-13(15)6-4-11/h3-6,8-10,14,18H,7H2,1-2H3. The van der Waals surface area contributed by atoms with E-state index in [1.54, 1.807) is 6.20 Å². The van der Waals surface area contributed by atoms with Crippen LogP contribution < -0.4 is 0 Å².